The molecule has 0 aliphatic carbocycles. The highest BCUT2D eigenvalue weighted by molar-refractivity contribution is 5.92. The van der Waals surface area contributed by atoms with Gasteiger partial charge in [-0.25, -0.2) is 0 Å². The van der Waals surface area contributed by atoms with Crippen molar-refractivity contribution in [3.8, 4) is 0 Å². The summed E-state index contributed by atoms with van der Waals surface area (Å²) >= 11 is 0. The summed E-state index contributed by atoms with van der Waals surface area (Å²) in [5.41, 5.74) is 4.23. The second kappa shape index (κ2) is 5.86. The molecule has 106 valence electrons. The Morgan fingerprint density at radius 2 is 1.80 bits per heavy atom. The smallest absolute Gasteiger partial charge is 0.224 e. The molecule has 0 aliphatic rings. The van der Waals surface area contributed by atoms with Crippen LogP contribution in [0.1, 0.15) is 34.9 Å². The molecule has 0 saturated heterocycles. The Kier molecular flexibility index (Phi) is 4.17. The first kappa shape index (κ1) is 14.2. The Bertz CT molecular complexity index is 609. The summed E-state index contributed by atoms with van der Waals surface area (Å²) in [6.45, 7) is 7.77. The van der Waals surface area contributed by atoms with Crippen LogP contribution in [0.15, 0.2) is 16.5 Å². The van der Waals surface area contributed by atoms with E-state index in [9.17, 15) is 4.79 Å². The van der Waals surface area contributed by atoms with Crippen LogP contribution in [0.25, 0.3) is 0 Å². The predicted molar refractivity (Wildman–Crippen MR) is 76.6 cm³/mol. The number of nitrogens with zero attached hydrogens (tertiary/aromatic N) is 2. The maximum absolute atomic E-state index is 12.0. The van der Waals surface area contributed by atoms with E-state index in [4.69, 9.17) is 4.42 Å². The summed E-state index contributed by atoms with van der Waals surface area (Å²) in [6, 6.07) is 4.12. The van der Waals surface area contributed by atoms with Crippen molar-refractivity contribution in [3.05, 3.63) is 40.6 Å². The number of hydrogen-bond donors (Lipinski definition) is 1. The molecule has 0 spiro atoms. The molecule has 20 heavy (non-hydrogen) atoms. The minimum atomic E-state index is -0.0455. The van der Waals surface area contributed by atoms with Crippen LogP contribution in [0.4, 0.5) is 5.69 Å². The number of anilines is 1. The van der Waals surface area contributed by atoms with Gasteiger partial charge >= 0.3 is 0 Å². The van der Waals surface area contributed by atoms with E-state index < -0.39 is 0 Å². The van der Waals surface area contributed by atoms with E-state index in [1.807, 2.05) is 20.8 Å². The fourth-order valence-corrected chi connectivity index (χ4v) is 2.24. The molecule has 0 radical (unpaired) electrons. The van der Waals surface area contributed by atoms with Gasteiger partial charge < -0.3 is 9.73 Å². The van der Waals surface area contributed by atoms with Crippen LogP contribution < -0.4 is 5.32 Å². The predicted octanol–water partition coefficient (Wildman–Crippen LogP) is 2.87. The van der Waals surface area contributed by atoms with Gasteiger partial charge in [0.2, 0.25) is 17.7 Å². The van der Waals surface area contributed by atoms with E-state index in [0.717, 1.165) is 16.8 Å². The number of aromatic nitrogens is 2. The molecule has 0 aliphatic heterocycles. The zero-order valence-electron chi connectivity index (χ0n) is 12.3. The highest BCUT2D eigenvalue weighted by Gasteiger charge is 2.10. The highest BCUT2D eigenvalue weighted by atomic mass is 16.4. The van der Waals surface area contributed by atoms with Crippen molar-refractivity contribution >= 4 is 11.6 Å². The van der Waals surface area contributed by atoms with E-state index in [1.54, 1.807) is 6.92 Å². The van der Waals surface area contributed by atoms with Crippen LogP contribution in [-0.4, -0.2) is 16.1 Å². The first-order valence-corrected chi connectivity index (χ1v) is 6.62. The van der Waals surface area contributed by atoms with Crippen LogP contribution in [-0.2, 0) is 11.2 Å². The molecule has 0 unspecified atom stereocenters. The van der Waals surface area contributed by atoms with Gasteiger partial charge in [0.1, 0.15) is 0 Å². The third kappa shape index (κ3) is 3.44. The minimum absolute atomic E-state index is 0.0455. The van der Waals surface area contributed by atoms with Gasteiger partial charge in [0.15, 0.2) is 0 Å². The van der Waals surface area contributed by atoms with Gasteiger partial charge in [-0.05, 0) is 31.9 Å². The van der Waals surface area contributed by atoms with Gasteiger partial charge in [-0.15, -0.1) is 10.2 Å². The zero-order chi connectivity index (χ0) is 14.7. The van der Waals surface area contributed by atoms with E-state index in [2.05, 4.69) is 27.6 Å². The van der Waals surface area contributed by atoms with Gasteiger partial charge in [0.25, 0.3) is 0 Å². The molecule has 1 heterocycles. The lowest BCUT2D eigenvalue weighted by atomic mass is 10.0. The molecule has 0 fully saturated rings. The van der Waals surface area contributed by atoms with Crippen molar-refractivity contribution in [1.82, 2.24) is 10.2 Å². The van der Waals surface area contributed by atoms with Gasteiger partial charge in [-0.2, -0.15) is 0 Å². The molecule has 5 heteroatoms. The summed E-state index contributed by atoms with van der Waals surface area (Å²) in [7, 11) is 0. The van der Waals surface area contributed by atoms with Crippen molar-refractivity contribution in [2.75, 3.05) is 5.32 Å². The largest absolute Gasteiger partial charge is 0.426 e. The Morgan fingerprint density at radius 3 is 2.35 bits per heavy atom. The summed E-state index contributed by atoms with van der Waals surface area (Å²) in [6.07, 6.45) is 0.783. The standard InChI is InChI=1S/C15H19N3O2/c1-9-7-10(2)15(11(3)8-9)16-13(19)5-6-14-18-17-12(4)20-14/h7-8H,5-6H2,1-4H3,(H,16,19). The Hall–Kier alpha value is -2.17. The Morgan fingerprint density at radius 1 is 1.15 bits per heavy atom. The summed E-state index contributed by atoms with van der Waals surface area (Å²) in [5, 5.41) is 10.6. The molecule has 2 rings (SSSR count). The van der Waals surface area contributed by atoms with Crippen LogP contribution in [0, 0.1) is 27.7 Å². The second-order valence-electron chi connectivity index (χ2n) is 5.04. The first-order chi connectivity index (χ1) is 9.45. The number of rotatable bonds is 4. The topological polar surface area (TPSA) is 68.0 Å². The fourth-order valence-electron chi connectivity index (χ4n) is 2.24. The van der Waals surface area contributed by atoms with Gasteiger partial charge in [0, 0.05) is 25.5 Å². The molecule has 1 aromatic heterocycles. The SMILES string of the molecule is Cc1cc(C)c(NC(=O)CCc2nnc(C)o2)c(C)c1. The Labute approximate surface area is 118 Å². The number of nitrogens with one attached hydrogen (secondary N) is 1. The number of hydrogen-bond acceptors (Lipinski definition) is 4. The maximum Gasteiger partial charge on any atom is 0.224 e. The van der Waals surface area contributed by atoms with Crippen LogP contribution in [0.2, 0.25) is 0 Å². The van der Waals surface area contributed by atoms with Crippen molar-refractivity contribution < 1.29 is 9.21 Å². The molecule has 0 saturated carbocycles. The van der Waals surface area contributed by atoms with Gasteiger partial charge in [-0.3, -0.25) is 4.79 Å². The highest BCUT2D eigenvalue weighted by Crippen LogP contribution is 2.22. The molecule has 5 nitrogen and oxygen atoms in total. The number of aryl methyl sites for hydroxylation is 5. The average molecular weight is 273 g/mol. The Balaban J connectivity index is 1.98. The van der Waals surface area contributed by atoms with Crippen LogP contribution >= 0.6 is 0 Å². The molecule has 2 aromatic rings. The van der Waals surface area contributed by atoms with Gasteiger partial charge in [0.05, 0.1) is 0 Å². The zero-order valence-corrected chi connectivity index (χ0v) is 12.3. The number of benzene rings is 1. The number of amides is 1. The molecule has 0 bridgehead atoms. The third-order valence-electron chi connectivity index (χ3n) is 3.08. The lowest BCUT2D eigenvalue weighted by Gasteiger charge is -2.12. The number of carbonyl (C=O) groups is 1. The van der Waals surface area contributed by atoms with Crippen molar-refractivity contribution in [2.24, 2.45) is 0 Å². The lowest BCUT2D eigenvalue weighted by Crippen LogP contribution is -2.14. The van der Waals surface area contributed by atoms with Crippen molar-refractivity contribution in [1.29, 1.82) is 0 Å². The molecular formula is C15H19N3O2. The summed E-state index contributed by atoms with van der Waals surface area (Å²) < 4.78 is 5.25. The molecule has 1 N–H and O–H groups in total. The first-order valence-electron chi connectivity index (χ1n) is 6.62. The van der Waals surface area contributed by atoms with Crippen molar-refractivity contribution in [2.45, 2.75) is 40.5 Å². The lowest BCUT2D eigenvalue weighted by molar-refractivity contribution is -0.116. The monoisotopic (exact) mass is 273 g/mol. The summed E-state index contributed by atoms with van der Waals surface area (Å²) in [4.78, 5) is 12.0. The average Bonchev–Trinajstić information content (AvgIpc) is 2.77. The molecule has 1 aromatic carbocycles. The normalized spacial score (nSPS) is 10.6. The quantitative estimate of drug-likeness (QED) is 0.930. The molecule has 1 amide bonds. The van der Waals surface area contributed by atoms with Crippen LogP contribution in [0.5, 0.6) is 0 Å². The third-order valence-corrected chi connectivity index (χ3v) is 3.08. The fraction of sp³-hybridized carbons (Fsp3) is 0.400. The van der Waals surface area contributed by atoms with E-state index in [1.165, 1.54) is 5.56 Å². The van der Waals surface area contributed by atoms with E-state index in [-0.39, 0.29) is 5.91 Å². The second-order valence-corrected chi connectivity index (χ2v) is 5.04. The number of carbonyl (C=O) groups excluding carboxylic acids is 1. The summed E-state index contributed by atoms with van der Waals surface area (Å²) in [5.74, 6) is 0.969. The minimum Gasteiger partial charge on any atom is -0.426 e. The molecular weight excluding hydrogens is 254 g/mol. The van der Waals surface area contributed by atoms with Crippen LogP contribution in [0.3, 0.4) is 0 Å². The van der Waals surface area contributed by atoms with E-state index >= 15 is 0 Å². The van der Waals surface area contributed by atoms with Gasteiger partial charge in [-0.1, -0.05) is 17.7 Å². The van der Waals surface area contributed by atoms with Crippen molar-refractivity contribution in [3.63, 3.8) is 0 Å². The van der Waals surface area contributed by atoms with E-state index in [0.29, 0.717) is 24.6 Å². The maximum atomic E-state index is 12.0. The molecule has 0 atom stereocenters.